The molecule has 0 unspecified atom stereocenters. The molecule has 5 rings (SSSR count). The molecule has 144 valence electrons. The van der Waals surface area contributed by atoms with E-state index in [0.29, 0.717) is 29.0 Å². The highest BCUT2D eigenvalue weighted by Gasteiger charge is 2.49. The highest BCUT2D eigenvalue weighted by molar-refractivity contribution is 5.86. The molecule has 2 bridgehead atoms. The normalized spacial score (nSPS) is 29.4. The summed E-state index contributed by atoms with van der Waals surface area (Å²) in [4.78, 5) is 15.0. The smallest absolute Gasteiger partial charge is 0.339 e. The Kier molecular flexibility index (Phi) is 3.59. The molecule has 2 aliphatic carbocycles. The Labute approximate surface area is 160 Å². The van der Waals surface area contributed by atoms with Crippen LogP contribution in [0.25, 0.3) is 11.0 Å². The summed E-state index contributed by atoms with van der Waals surface area (Å²) in [6, 6.07) is 4.24. The molecule has 4 heteroatoms. The van der Waals surface area contributed by atoms with Crippen LogP contribution in [0.5, 0.6) is 5.75 Å². The summed E-state index contributed by atoms with van der Waals surface area (Å²) in [7, 11) is 0. The molecule has 1 N–H and O–H groups in total. The fourth-order valence-electron chi connectivity index (χ4n) is 6.51. The zero-order chi connectivity index (χ0) is 19.0. The number of hydrogen-bond donors (Lipinski definition) is 1. The van der Waals surface area contributed by atoms with Crippen LogP contribution >= 0.6 is 0 Å². The van der Waals surface area contributed by atoms with Crippen molar-refractivity contribution in [1.82, 2.24) is 4.90 Å². The molecule has 0 radical (unpaired) electrons. The van der Waals surface area contributed by atoms with Crippen molar-refractivity contribution in [3.8, 4) is 5.75 Å². The summed E-state index contributed by atoms with van der Waals surface area (Å²) in [5, 5.41) is 11.6. The molecule has 2 fully saturated rings. The number of nitrogens with zero attached hydrogens (tertiary/aromatic N) is 1. The van der Waals surface area contributed by atoms with E-state index in [-0.39, 0.29) is 11.4 Å². The van der Waals surface area contributed by atoms with Crippen LogP contribution in [-0.2, 0) is 19.4 Å². The van der Waals surface area contributed by atoms with Gasteiger partial charge in [0.05, 0.1) is 5.56 Å². The minimum Gasteiger partial charge on any atom is -0.507 e. The van der Waals surface area contributed by atoms with Gasteiger partial charge in [-0.1, -0.05) is 20.8 Å². The summed E-state index contributed by atoms with van der Waals surface area (Å²) < 4.78 is 5.76. The minimum atomic E-state index is -0.213. The zero-order valence-corrected chi connectivity index (χ0v) is 16.6. The molecule has 1 aromatic carbocycles. The van der Waals surface area contributed by atoms with Crippen molar-refractivity contribution < 1.29 is 9.52 Å². The third kappa shape index (κ3) is 2.72. The van der Waals surface area contributed by atoms with E-state index in [1.807, 2.05) is 6.07 Å². The van der Waals surface area contributed by atoms with Crippen LogP contribution in [0.3, 0.4) is 0 Å². The molecular formula is C23H29NO3. The van der Waals surface area contributed by atoms with Gasteiger partial charge in [0.25, 0.3) is 0 Å². The van der Waals surface area contributed by atoms with Gasteiger partial charge in [0, 0.05) is 30.1 Å². The number of hydrogen-bond acceptors (Lipinski definition) is 4. The van der Waals surface area contributed by atoms with Crippen LogP contribution in [-0.4, -0.2) is 22.6 Å². The predicted octanol–water partition coefficient (Wildman–Crippen LogP) is 4.39. The van der Waals surface area contributed by atoms with Crippen LogP contribution in [0.2, 0.25) is 0 Å². The molecule has 2 aromatic rings. The van der Waals surface area contributed by atoms with Crippen molar-refractivity contribution in [2.45, 2.75) is 71.9 Å². The number of aromatic hydroxyl groups is 1. The van der Waals surface area contributed by atoms with Gasteiger partial charge in [-0.15, -0.1) is 0 Å². The van der Waals surface area contributed by atoms with Crippen molar-refractivity contribution in [2.24, 2.45) is 10.8 Å². The fraction of sp³-hybridized carbons (Fsp3) is 0.609. The average Bonchev–Trinajstić information content (AvgIpc) is 3.13. The zero-order valence-electron chi connectivity index (χ0n) is 16.6. The van der Waals surface area contributed by atoms with Gasteiger partial charge in [-0.05, 0) is 67.1 Å². The van der Waals surface area contributed by atoms with E-state index in [0.717, 1.165) is 47.9 Å². The Bertz CT molecular complexity index is 989. The maximum atomic E-state index is 12.5. The van der Waals surface area contributed by atoms with E-state index in [9.17, 15) is 9.90 Å². The van der Waals surface area contributed by atoms with E-state index in [1.54, 1.807) is 6.07 Å². The van der Waals surface area contributed by atoms with Crippen molar-refractivity contribution in [1.29, 1.82) is 0 Å². The van der Waals surface area contributed by atoms with Gasteiger partial charge >= 0.3 is 5.63 Å². The number of fused-ring (bicyclic) bond motifs is 5. The van der Waals surface area contributed by atoms with Crippen molar-refractivity contribution in [3.05, 3.63) is 39.2 Å². The van der Waals surface area contributed by atoms with Crippen molar-refractivity contribution >= 4 is 11.0 Å². The third-order valence-corrected chi connectivity index (χ3v) is 7.10. The summed E-state index contributed by atoms with van der Waals surface area (Å²) in [6.07, 6.45) is 6.41. The first-order chi connectivity index (χ1) is 12.7. The van der Waals surface area contributed by atoms with Gasteiger partial charge < -0.3 is 9.52 Å². The van der Waals surface area contributed by atoms with E-state index >= 15 is 0 Å². The van der Waals surface area contributed by atoms with Crippen molar-refractivity contribution in [2.75, 3.05) is 6.54 Å². The van der Waals surface area contributed by atoms with E-state index in [1.165, 1.54) is 19.3 Å². The summed E-state index contributed by atoms with van der Waals surface area (Å²) in [5.41, 5.74) is 3.85. The molecule has 0 spiro atoms. The van der Waals surface area contributed by atoms with Crippen LogP contribution in [0.1, 0.15) is 63.1 Å². The number of rotatable bonds is 2. The monoisotopic (exact) mass is 367 g/mol. The lowest BCUT2D eigenvalue weighted by Gasteiger charge is -2.40. The first kappa shape index (κ1) is 17.3. The quantitative estimate of drug-likeness (QED) is 0.800. The number of benzene rings is 1. The Morgan fingerprint density at radius 2 is 1.96 bits per heavy atom. The van der Waals surface area contributed by atoms with Gasteiger partial charge in [0.15, 0.2) is 0 Å². The Balaban J connectivity index is 1.57. The summed E-state index contributed by atoms with van der Waals surface area (Å²) in [6.45, 7) is 8.85. The lowest BCUT2D eigenvalue weighted by Crippen LogP contribution is -2.34. The largest absolute Gasteiger partial charge is 0.507 e. The SMILES string of the molecule is CC1(C)C[C@@H]2C[C@@](C)(CN2Cc2c(O)ccc3c4c(c(=O)oc23)CCC4)C1. The maximum Gasteiger partial charge on any atom is 0.339 e. The maximum absolute atomic E-state index is 12.5. The Morgan fingerprint density at radius 3 is 2.78 bits per heavy atom. The number of phenolic OH excluding ortho intramolecular Hbond substituents is 1. The predicted molar refractivity (Wildman–Crippen MR) is 106 cm³/mol. The van der Waals surface area contributed by atoms with Crippen LogP contribution < -0.4 is 5.63 Å². The van der Waals surface area contributed by atoms with Gasteiger partial charge in [0.2, 0.25) is 0 Å². The fourth-order valence-corrected chi connectivity index (χ4v) is 6.51. The number of likely N-dealkylation sites (tertiary alicyclic amines) is 1. The first-order valence-electron chi connectivity index (χ1n) is 10.3. The molecule has 27 heavy (non-hydrogen) atoms. The molecule has 3 aliphatic rings. The molecular weight excluding hydrogens is 338 g/mol. The number of phenols is 1. The van der Waals surface area contributed by atoms with Gasteiger partial charge in [-0.2, -0.15) is 0 Å². The second kappa shape index (κ2) is 5.60. The van der Waals surface area contributed by atoms with Gasteiger partial charge in [-0.3, -0.25) is 4.90 Å². The Hall–Kier alpha value is -1.81. The lowest BCUT2D eigenvalue weighted by molar-refractivity contribution is 0.126. The van der Waals surface area contributed by atoms with Gasteiger partial charge in [0.1, 0.15) is 11.3 Å². The van der Waals surface area contributed by atoms with Crippen LogP contribution in [0, 0.1) is 10.8 Å². The standard InChI is InChI=1S/C23H29NO3/c1-22(2)9-14-10-23(3,12-22)13-24(14)11-18-19(25)8-7-16-15-5-4-6-17(15)21(26)27-20(16)18/h7-8,14,25H,4-6,9-13H2,1-3H3/t14-,23-/m1/s1. The number of aryl methyl sites for hydroxylation is 1. The highest BCUT2D eigenvalue weighted by atomic mass is 16.4. The van der Waals surface area contributed by atoms with Gasteiger partial charge in [-0.25, -0.2) is 4.79 Å². The van der Waals surface area contributed by atoms with Crippen LogP contribution in [0.4, 0.5) is 0 Å². The summed E-state index contributed by atoms with van der Waals surface area (Å²) >= 11 is 0. The molecule has 1 saturated carbocycles. The second-order valence-corrected chi connectivity index (χ2v) is 10.3. The molecule has 2 atom stereocenters. The topological polar surface area (TPSA) is 53.7 Å². The Morgan fingerprint density at radius 1 is 1.19 bits per heavy atom. The first-order valence-corrected chi connectivity index (χ1v) is 10.3. The molecule has 1 aliphatic heterocycles. The molecule has 0 amide bonds. The molecule has 1 aromatic heterocycles. The lowest BCUT2D eigenvalue weighted by atomic mass is 9.65. The van der Waals surface area contributed by atoms with E-state index in [2.05, 4.69) is 25.7 Å². The molecule has 2 heterocycles. The highest BCUT2D eigenvalue weighted by Crippen LogP contribution is 2.53. The molecule has 4 nitrogen and oxygen atoms in total. The van der Waals surface area contributed by atoms with E-state index < -0.39 is 0 Å². The van der Waals surface area contributed by atoms with Crippen molar-refractivity contribution in [3.63, 3.8) is 0 Å². The third-order valence-electron chi connectivity index (χ3n) is 7.10. The minimum absolute atomic E-state index is 0.213. The molecule has 1 saturated heterocycles. The summed E-state index contributed by atoms with van der Waals surface area (Å²) in [5.74, 6) is 0.245. The second-order valence-electron chi connectivity index (χ2n) is 10.3. The average molecular weight is 367 g/mol. The van der Waals surface area contributed by atoms with E-state index in [4.69, 9.17) is 4.42 Å². The van der Waals surface area contributed by atoms with Crippen LogP contribution in [0.15, 0.2) is 21.3 Å².